The molecule has 1 unspecified atom stereocenters. The highest BCUT2D eigenvalue weighted by Crippen LogP contribution is 2.50. The molecule has 0 aliphatic carbocycles. The molecule has 5 rings (SSSR count). The molecule has 0 saturated carbocycles. The molecule has 2 aliphatic rings. The lowest BCUT2D eigenvalue weighted by Crippen LogP contribution is -2.37. The Morgan fingerprint density at radius 2 is 1.85 bits per heavy atom. The number of ether oxygens (including phenoxy) is 2. The van der Waals surface area contributed by atoms with Crippen LogP contribution in [0.3, 0.4) is 0 Å². The molecule has 128 valence electrons. The van der Waals surface area contributed by atoms with Gasteiger partial charge < -0.3 is 9.47 Å². The van der Waals surface area contributed by atoms with Crippen LogP contribution in [0, 0.1) is 0 Å². The van der Waals surface area contributed by atoms with Crippen molar-refractivity contribution < 1.29 is 14.3 Å². The average Bonchev–Trinajstić information content (AvgIpc) is 2.84. The third kappa shape index (κ3) is 2.24. The van der Waals surface area contributed by atoms with Crippen LogP contribution in [0.4, 0.5) is 10.5 Å². The van der Waals surface area contributed by atoms with Gasteiger partial charge in [0.1, 0.15) is 5.75 Å². The Hall–Kier alpha value is -3.05. The van der Waals surface area contributed by atoms with E-state index in [0.29, 0.717) is 23.0 Å². The average molecular weight is 365 g/mol. The van der Waals surface area contributed by atoms with E-state index in [1.165, 1.54) is 0 Å². The number of amides is 1. The summed E-state index contributed by atoms with van der Waals surface area (Å²) in [5, 5.41) is 0.526. The normalized spacial score (nSPS) is 17.5. The van der Waals surface area contributed by atoms with Crippen molar-refractivity contribution >= 4 is 23.4 Å². The van der Waals surface area contributed by atoms with Crippen LogP contribution in [0.5, 0.6) is 11.5 Å². The first kappa shape index (κ1) is 15.2. The van der Waals surface area contributed by atoms with E-state index in [1.54, 1.807) is 29.4 Å². The third-order valence-electron chi connectivity index (χ3n) is 4.63. The number of hydrogen-bond donors (Lipinski definition) is 0. The van der Waals surface area contributed by atoms with Crippen LogP contribution in [0.25, 0.3) is 0 Å². The van der Waals surface area contributed by atoms with E-state index in [2.05, 4.69) is 4.98 Å². The van der Waals surface area contributed by atoms with Crippen molar-refractivity contribution in [1.29, 1.82) is 0 Å². The Labute approximate surface area is 154 Å². The molecule has 2 aromatic carbocycles. The van der Waals surface area contributed by atoms with Gasteiger partial charge >= 0.3 is 6.09 Å². The Morgan fingerprint density at radius 1 is 1.04 bits per heavy atom. The van der Waals surface area contributed by atoms with E-state index in [1.807, 2.05) is 36.4 Å². The zero-order valence-electron chi connectivity index (χ0n) is 13.6. The summed E-state index contributed by atoms with van der Waals surface area (Å²) >= 11 is 6.53. The Balaban J connectivity index is 1.75. The minimum atomic E-state index is -0.603. The highest BCUT2D eigenvalue weighted by Gasteiger charge is 2.39. The summed E-state index contributed by atoms with van der Waals surface area (Å²) in [6.45, 7) is 0.360. The van der Waals surface area contributed by atoms with Crippen molar-refractivity contribution in [3.63, 3.8) is 0 Å². The van der Waals surface area contributed by atoms with Gasteiger partial charge in [-0.05, 0) is 30.3 Å². The van der Waals surface area contributed by atoms with Gasteiger partial charge in [-0.1, -0.05) is 29.8 Å². The van der Waals surface area contributed by atoms with Crippen LogP contribution < -0.4 is 9.64 Å². The number of para-hydroxylation sites is 1. The molecule has 0 N–H and O–H groups in total. The smallest absolute Gasteiger partial charge is 0.415 e. The van der Waals surface area contributed by atoms with E-state index in [9.17, 15) is 4.79 Å². The molecular formula is C20H13ClN2O3. The standard InChI is InChI=1S/C20H13ClN2O3/c21-14-5-6-16-18-17(14)19(12-7-9-22-10-8-12)26-20(24)23(18)11-13-3-1-2-4-15(13)25-16/h1-10,19H,11H2. The highest BCUT2D eigenvalue weighted by atomic mass is 35.5. The molecule has 0 spiro atoms. The quantitative estimate of drug-likeness (QED) is 0.603. The number of fused-ring (bicyclic) bond motifs is 1. The largest absolute Gasteiger partial charge is 0.455 e. The minimum Gasteiger partial charge on any atom is -0.455 e. The molecule has 3 heterocycles. The number of hydrogen-bond acceptors (Lipinski definition) is 4. The number of carbonyl (C=O) groups is 1. The van der Waals surface area contributed by atoms with Crippen molar-refractivity contribution in [2.45, 2.75) is 12.6 Å². The number of cyclic esters (lactones) is 1. The fraction of sp³-hybridized carbons (Fsp3) is 0.100. The maximum atomic E-state index is 12.8. The molecule has 1 amide bonds. The fourth-order valence-corrected chi connectivity index (χ4v) is 3.68. The summed E-state index contributed by atoms with van der Waals surface area (Å²) in [5.74, 6) is 1.31. The molecule has 0 saturated heterocycles. The molecule has 0 bridgehead atoms. The first-order valence-corrected chi connectivity index (χ1v) is 8.56. The summed E-state index contributed by atoms with van der Waals surface area (Å²) in [5.41, 5.74) is 3.10. The lowest BCUT2D eigenvalue weighted by Gasteiger charge is -2.34. The molecular weight excluding hydrogens is 352 g/mol. The second kappa shape index (κ2) is 5.75. The predicted molar refractivity (Wildman–Crippen MR) is 96.7 cm³/mol. The van der Waals surface area contributed by atoms with E-state index in [4.69, 9.17) is 21.1 Å². The second-order valence-electron chi connectivity index (χ2n) is 6.15. The topological polar surface area (TPSA) is 51.7 Å². The van der Waals surface area contributed by atoms with Gasteiger partial charge in [0.25, 0.3) is 0 Å². The van der Waals surface area contributed by atoms with Gasteiger partial charge in [-0.2, -0.15) is 0 Å². The van der Waals surface area contributed by atoms with Crippen molar-refractivity contribution in [2.24, 2.45) is 0 Å². The molecule has 1 atom stereocenters. The molecule has 1 aromatic heterocycles. The number of pyridine rings is 1. The molecule has 3 aromatic rings. The Kier molecular flexibility index (Phi) is 3.36. The SMILES string of the molecule is O=C1OC(c2ccncc2)c2c(Cl)ccc3c2N1Cc1ccccc1O3. The van der Waals surface area contributed by atoms with Crippen LogP contribution in [0.15, 0.2) is 60.9 Å². The van der Waals surface area contributed by atoms with Gasteiger partial charge in [0, 0.05) is 29.1 Å². The van der Waals surface area contributed by atoms with Crippen molar-refractivity contribution in [1.82, 2.24) is 4.98 Å². The van der Waals surface area contributed by atoms with Crippen molar-refractivity contribution in [3.05, 3.63) is 82.6 Å². The van der Waals surface area contributed by atoms with E-state index >= 15 is 0 Å². The van der Waals surface area contributed by atoms with Gasteiger partial charge in [0.05, 0.1) is 17.3 Å². The van der Waals surface area contributed by atoms with Gasteiger partial charge in [-0.15, -0.1) is 0 Å². The number of benzene rings is 2. The van der Waals surface area contributed by atoms with Crippen LogP contribution >= 0.6 is 11.6 Å². The molecule has 2 aliphatic heterocycles. The van der Waals surface area contributed by atoms with E-state index in [0.717, 1.165) is 22.4 Å². The zero-order chi connectivity index (χ0) is 17.7. The lowest BCUT2D eigenvalue weighted by molar-refractivity contribution is 0.117. The number of aromatic nitrogens is 1. The van der Waals surface area contributed by atoms with Gasteiger partial charge in [0.2, 0.25) is 0 Å². The van der Waals surface area contributed by atoms with Crippen LogP contribution in [0.1, 0.15) is 22.8 Å². The number of rotatable bonds is 1. The number of carbonyl (C=O) groups excluding carboxylic acids is 1. The molecule has 0 radical (unpaired) electrons. The minimum absolute atomic E-state index is 0.360. The molecule has 5 nitrogen and oxygen atoms in total. The first-order valence-electron chi connectivity index (χ1n) is 8.18. The fourth-order valence-electron chi connectivity index (χ4n) is 3.43. The predicted octanol–water partition coefficient (Wildman–Crippen LogP) is 5.09. The summed E-state index contributed by atoms with van der Waals surface area (Å²) < 4.78 is 11.9. The van der Waals surface area contributed by atoms with Gasteiger partial charge in [0.15, 0.2) is 11.9 Å². The molecule has 6 heteroatoms. The van der Waals surface area contributed by atoms with E-state index in [-0.39, 0.29) is 0 Å². The Morgan fingerprint density at radius 3 is 2.69 bits per heavy atom. The number of halogens is 1. The summed E-state index contributed by atoms with van der Waals surface area (Å²) in [6, 6.07) is 14.8. The summed E-state index contributed by atoms with van der Waals surface area (Å²) in [6.07, 6.45) is 2.30. The van der Waals surface area contributed by atoms with Gasteiger partial charge in [-0.25, -0.2) is 4.79 Å². The second-order valence-corrected chi connectivity index (χ2v) is 6.56. The monoisotopic (exact) mass is 364 g/mol. The maximum absolute atomic E-state index is 12.8. The molecule has 0 fully saturated rings. The zero-order valence-corrected chi connectivity index (χ0v) is 14.3. The lowest BCUT2D eigenvalue weighted by atomic mass is 9.98. The number of nitrogens with zero attached hydrogens (tertiary/aromatic N) is 2. The van der Waals surface area contributed by atoms with Crippen LogP contribution in [-0.2, 0) is 11.3 Å². The highest BCUT2D eigenvalue weighted by molar-refractivity contribution is 6.32. The maximum Gasteiger partial charge on any atom is 0.415 e. The van der Waals surface area contributed by atoms with Gasteiger partial charge in [-0.3, -0.25) is 9.88 Å². The summed E-state index contributed by atoms with van der Waals surface area (Å²) in [7, 11) is 0. The van der Waals surface area contributed by atoms with Crippen LogP contribution in [0.2, 0.25) is 5.02 Å². The van der Waals surface area contributed by atoms with E-state index < -0.39 is 12.2 Å². The first-order chi connectivity index (χ1) is 12.7. The van der Waals surface area contributed by atoms with Crippen molar-refractivity contribution in [2.75, 3.05) is 4.90 Å². The molecule has 26 heavy (non-hydrogen) atoms. The Bertz CT molecular complexity index is 1020. The summed E-state index contributed by atoms with van der Waals surface area (Å²) in [4.78, 5) is 18.4. The third-order valence-corrected chi connectivity index (χ3v) is 4.96. The van der Waals surface area contributed by atoms with Crippen LogP contribution in [-0.4, -0.2) is 11.1 Å². The van der Waals surface area contributed by atoms with Crippen molar-refractivity contribution in [3.8, 4) is 11.5 Å². The number of anilines is 1.